The van der Waals surface area contributed by atoms with E-state index in [0.717, 1.165) is 19.4 Å². The Kier molecular flexibility index (Phi) is 12.2. The van der Waals surface area contributed by atoms with Gasteiger partial charge in [-0.05, 0) is 27.2 Å². The fraction of sp³-hybridized carbons (Fsp3) is 1.00. The molecule has 0 aromatic rings. The third-order valence-corrected chi connectivity index (χ3v) is 2.24. The maximum Gasteiger partial charge on any atom is 0.162 e. The molecule has 1 atom stereocenters. The Hall–Kier alpha value is -0.160. The second kappa shape index (κ2) is 12.3. The summed E-state index contributed by atoms with van der Waals surface area (Å²) in [5.41, 5.74) is 0. The van der Waals surface area contributed by atoms with Crippen LogP contribution in [0, 0.1) is 0 Å². The van der Waals surface area contributed by atoms with Crippen molar-refractivity contribution in [2.24, 2.45) is 0 Å². The first-order valence-electron chi connectivity index (χ1n) is 6.74. The highest BCUT2D eigenvalue weighted by atomic mass is 16.7. The lowest BCUT2D eigenvalue weighted by Crippen LogP contribution is -2.28. The van der Waals surface area contributed by atoms with Crippen molar-refractivity contribution in [2.75, 3.05) is 26.4 Å². The molecule has 0 spiro atoms. The predicted molar refractivity (Wildman–Crippen MR) is 67.9 cm³/mol. The minimum absolute atomic E-state index is 0.227. The summed E-state index contributed by atoms with van der Waals surface area (Å²) in [6, 6.07) is 0. The van der Waals surface area contributed by atoms with Crippen molar-refractivity contribution in [3.05, 3.63) is 0 Å². The van der Waals surface area contributed by atoms with Gasteiger partial charge in [-0.1, -0.05) is 13.3 Å². The molecule has 0 saturated heterocycles. The molecule has 0 rings (SSSR count). The van der Waals surface area contributed by atoms with Gasteiger partial charge in [-0.25, -0.2) is 0 Å². The van der Waals surface area contributed by atoms with Crippen LogP contribution in [-0.2, 0) is 18.9 Å². The predicted octanol–water partition coefficient (Wildman–Crippen LogP) is 2.95. The quantitative estimate of drug-likeness (QED) is 0.393. The first-order valence-corrected chi connectivity index (χ1v) is 6.74. The molecule has 0 N–H and O–H groups in total. The van der Waals surface area contributed by atoms with E-state index in [-0.39, 0.29) is 12.6 Å². The average Bonchev–Trinajstić information content (AvgIpc) is 2.30. The zero-order valence-corrected chi connectivity index (χ0v) is 11.7. The monoisotopic (exact) mass is 248 g/mol. The summed E-state index contributed by atoms with van der Waals surface area (Å²) in [6.07, 6.45) is 2.34. The number of rotatable bonds is 12. The maximum atomic E-state index is 5.66. The van der Waals surface area contributed by atoms with Crippen molar-refractivity contribution in [3.63, 3.8) is 0 Å². The van der Waals surface area contributed by atoms with E-state index in [1.54, 1.807) is 0 Å². The van der Waals surface area contributed by atoms with Crippen molar-refractivity contribution in [3.8, 4) is 0 Å². The van der Waals surface area contributed by atoms with Crippen LogP contribution >= 0.6 is 0 Å². The molecule has 0 radical (unpaired) electrons. The van der Waals surface area contributed by atoms with Crippen molar-refractivity contribution < 1.29 is 18.9 Å². The summed E-state index contributed by atoms with van der Waals surface area (Å²) >= 11 is 0. The number of unbranched alkanes of at least 4 members (excludes halogenated alkanes) is 1. The normalized spacial score (nSPS) is 13.2. The van der Waals surface area contributed by atoms with Crippen LogP contribution in [0.5, 0.6) is 0 Å². The first kappa shape index (κ1) is 16.8. The van der Waals surface area contributed by atoms with E-state index in [2.05, 4.69) is 6.92 Å². The molecule has 0 aromatic carbocycles. The van der Waals surface area contributed by atoms with Gasteiger partial charge in [-0.15, -0.1) is 0 Å². The molecule has 1 unspecified atom stereocenters. The van der Waals surface area contributed by atoms with Crippen molar-refractivity contribution in [1.29, 1.82) is 0 Å². The lowest BCUT2D eigenvalue weighted by molar-refractivity contribution is -0.209. The van der Waals surface area contributed by atoms with E-state index >= 15 is 0 Å². The van der Waals surface area contributed by atoms with Crippen molar-refractivity contribution in [1.82, 2.24) is 0 Å². The van der Waals surface area contributed by atoms with E-state index in [1.807, 2.05) is 20.8 Å². The lowest BCUT2D eigenvalue weighted by Gasteiger charge is -2.23. The molecule has 17 heavy (non-hydrogen) atoms. The summed E-state index contributed by atoms with van der Waals surface area (Å²) in [6.45, 7) is 10.7. The van der Waals surface area contributed by atoms with Gasteiger partial charge in [0.15, 0.2) is 12.6 Å². The third-order valence-electron chi connectivity index (χ3n) is 2.24. The number of hydrogen-bond donors (Lipinski definition) is 0. The number of hydrogen-bond acceptors (Lipinski definition) is 4. The molecule has 0 amide bonds. The first-order chi connectivity index (χ1) is 8.28. The summed E-state index contributed by atoms with van der Waals surface area (Å²) in [5.74, 6) is 0. The summed E-state index contributed by atoms with van der Waals surface area (Å²) in [5, 5.41) is 0. The third kappa shape index (κ3) is 9.53. The Morgan fingerprint density at radius 1 is 0.706 bits per heavy atom. The zero-order valence-electron chi connectivity index (χ0n) is 11.7. The van der Waals surface area contributed by atoms with Crippen LogP contribution in [0.1, 0.15) is 47.0 Å². The second-order valence-electron chi connectivity index (χ2n) is 3.69. The molecule has 4 heteroatoms. The molecule has 0 aromatic heterocycles. The molecular weight excluding hydrogens is 220 g/mol. The molecule has 0 bridgehead atoms. The van der Waals surface area contributed by atoms with Crippen LogP contribution < -0.4 is 0 Å². The summed E-state index contributed by atoms with van der Waals surface area (Å²) in [4.78, 5) is 0. The van der Waals surface area contributed by atoms with Crippen molar-refractivity contribution in [2.45, 2.75) is 59.5 Å². The molecule has 4 nitrogen and oxygen atoms in total. The fourth-order valence-electron chi connectivity index (χ4n) is 1.44. The number of ether oxygens (including phenoxy) is 4. The highest BCUT2D eigenvalue weighted by molar-refractivity contribution is 4.52. The van der Waals surface area contributed by atoms with E-state index in [0.29, 0.717) is 26.2 Å². The molecule has 0 aliphatic rings. The second-order valence-corrected chi connectivity index (χ2v) is 3.69. The van der Waals surface area contributed by atoms with Crippen LogP contribution in [0.4, 0.5) is 0 Å². The molecule has 0 heterocycles. The molecule has 0 aliphatic carbocycles. The van der Waals surface area contributed by atoms with E-state index in [9.17, 15) is 0 Å². The Morgan fingerprint density at radius 2 is 1.18 bits per heavy atom. The largest absolute Gasteiger partial charge is 0.353 e. The van der Waals surface area contributed by atoms with Crippen LogP contribution in [-0.4, -0.2) is 39.0 Å². The van der Waals surface area contributed by atoms with E-state index < -0.39 is 0 Å². The van der Waals surface area contributed by atoms with Gasteiger partial charge < -0.3 is 18.9 Å². The lowest BCUT2D eigenvalue weighted by atomic mass is 10.3. The molecule has 104 valence electrons. The Balaban J connectivity index is 3.98. The molecule has 0 saturated carbocycles. The smallest absolute Gasteiger partial charge is 0.162 e. The molecule has 0 fully saturated rings. The minimum Gasteiger partial charge on any atom is -0.353 e. The van der Waals surface area contributed by atoms with Crippen LogP contribution in [0.15, 0.2) is 0 Å². The van der Waals surface area contributed by atoms with Gasteiger partial charge >= 0.3 is 0 Å². The average molecular weight is 248 g/mol. The van der Waals surface area contributed by atoms with Gasteiger partial charge in [0.2, 0.25) is 0 Å². The molecular formula is C13H28O4. The highest BCUT2D eigenvalue weighted by Gasteiger charge is 2.17. The topological polar surface area (TPSA) is 36.9 Å². The summed E-state index contributed by atoms with van der Waals surface area (Å²) in [7, 11) is 0. The van der Waals surface area contributed by atoms with Gasteiger partial charge in [-0.3, -0.25) is 0 Å². The zero-order chi connectivity index (χ0) is 12.9. The van der Waals surface area contributed by atoms with Crippen molar-refractivity contribution >= 4 is 0 Å². The Labute approximate surface area is 106 Å². The van der Waals surface area contributed by atoms with E-state index in [1.165, 1.54) is 0 Å². The standard InChI is InChI=1S/C13H28O4/c1-5-9-10-17-13(16-8-4)11-12(14-6-2)15-7-3/h12-13H,5-11H2,1-4H3. The highest BCUT2D eigenvalue weighted by Crippen LogP contribution is 2.10. The minimum atomic E-state index is -0.233. The van der Waals surface area contributed by atoms with Crippen LogP contribution in [0.2, 0.25) is 0 Å². The van der Waals surface area contributed by atoms with Gasteiger partial charge in [-0.2, -0.15) is 0 Å². The fourth-order valence-corrected chi connectivity index (χ4v) is 1.44. The van der Waals surface area contributed by atoms with Crippen LogP contribution in [0.25, 0.3) is 0 Å². The summed E-state index contributed by atoms with van der Waals surface area (Å²) < 4.78 is 22.2. The maximum absolute atomic E-state index is 5.66. The van der Waals surface area contributed by atoms with Gasteiger partial charge in [0.05, 0.1) is 0 Å². The SMILES string of the molecule is CCCCOC(CC(OCC)OCC)OCC. The van der Waals surface area contributed by atoms with E-state index in [4.69, 9.17) is 18.9 Å². The van der Waals surface area contributed by atoms with Gasteiger partial charge in [0, 0.05) is 32.8 Å². The Bertz CT molecular complexity index is 146. The Morgan fingerprint density at radius 3 is 1.59 bits per heavy atom. The molecule has 0 aliphatic heterocycles. The van der Waals surface area contributed by atoms with Gasteiger partial charge in [0.25, 0.3) is 0 Å². The van der Waals surface area contributed by atoms with Gasteiger partial charge in [0.1, 0.15) is 0 Å². The van der Waals surface area contributed by atoms with Crippen LogP contribution in [0.3, 0.4) is 0 Å².